The van der Waals surface area contributed by atoms with E-state index in [9.17, 15) is 9.59 Å². The molecule has 0 bridgehead atoms. The molecule has 1 aliphatic heterocycles. The number of amides is 2. The zero-order valence-corrected chi connectivity index (χ0v) is 18.0. The maximum atomic E-state index is 13.5. The first-order valence-corrected chi connectivity index (χ1v) is 11.0. The molecular formula is C23H33N3O3. The molecule has 1 N–H and O–H groups in total. The van der Waals surface area contributed by atoms with Gasteiger partial charge in [-0.1, -0.05) is 20.8 Å². The van der Waals surface area contributed by atoms with E-state index in [0.29, 0.717) is 30.3 Å². The summed E-state index contributed by atoms with van der Waals surface area (Å²) in [5, 5.41) is 3.28. The van der Waals surface area contributed by atoms with E-state index in [1.54, 1.807) is 17.2 Å². The normalized spacial score (nSPS) is 27.5. The molecule has 6 heteroatoms. The highest BCUT2D eigenvalue weighted by atomic mass is 16.3. The highest BCUT2D eigenvalue weighted by Gasteiger charge is 2.48. The quantitative estimate of drug-likeness (QED) is 0.820. The summed E-state index contributed by atoms with van der Waals surface area (Å²) in [4.78, 5) is 28.8. The van der Waals surface area contributed by atoms with Gasteiger partial charge in [0, 0.05) is 24.7 Å². The van der Waals surface area contributed by atoms with Crippen molar-refractivity contribution >= 4 is 22.9 Å². The van der Waals surface area contributed by atoms with Gasteiger partial charge >= 0.3 is 0 Å². The molecule has 2 aromatic rings. The van der Waals surface area contributed by atoms with Crippen LogP contribution in [0.4, 0.5) is 0 Å². The van der Waals surface area contributed by atoms with E-state index < -0.39 is 5.54 Å². The lowest BCUT2D eigenvalue weighted by atomic mass is 9.86. The van der Waals surface area contributed by atoms with Crippen LogP contribution in [-0.2, 0) is 11.3 Å². The third-order valence-corrected chi connectivity index (χ3v) is 6.82. The van der Waals surface area contributed by atoms with E-state index >= 15 is 0 Å². The predicted molar refractivity (Wildman–Crippen MR) is 113 cm³/mol. The van der Waals surface area contributed by atoms with Crippen LogP contribution in [0.5, 0.6) is 0 Å². The average Bonchev–Trinajstić information content (AvgIpc) is 3.25. The van der Waals surface area contributed by atoms with Gasteiger partial charge in [-0.3, -0.25) is 9.59 Å². The second-order valence-electron chi connectivity index (χ2n) is 9.63. The molecule has 1 fully saturated rings. The van der Waals surface area contributed by atoms with E-state index in [0.717, 1.165) is 43.5 Å². The molecule has 0 spiro atoms. The Morgan fingerprint density at radius 1 is 1.31 bits per heavy atom. The van der Waals surface area contributed by atoms with E-state index in [1.807, 2.05) is 17.6 Å². The molecule has 2 aromatic heterocycles. The molecule has 6 nitrogen and oxygen atoms in total. The fourth-order valence-corrected chi connectivity index (χ4v) is 4.76. The molecule has 1 saturated carbocycles. The summed E-state index contributed by atoms with van der Waals surface area (Å²) in [5.41, 5.74) is 1.27. The fourth-order valence-electron chi connectivity index (χ4n) is 4.76. The Morgan fingerprint density at radius 2 is 2.03 bits per heavy atom. The number of carbonyl (C=O) groups excluding carboxylic acids is 2. The van der Waals surface area contributed by atoms with Crippen molar-refractivity contribution < 1.29 is 14.0 Å². The number of aromatic nitrogens is 1. The number of furan rings is 1. The Kier molecular flexibility index (Phi) is 5.21. The molecule has 1 atom stereocenters. The van der Waals surface area contributed by atoms with Crippen LogP contribution in [0.1, 0.15) is 70.3 Å². The van der Waals surface area contributed by atoms with Crippen LogP contribution < -0.4 is 5.32 Å². The van der Waals surface area contributed by atoms with E-state index in [-0.39, 0.29) is 17.9 Å². The molecule has 0 aromatic carbocycles. The lowest BCUT2D eigenvalue weighted by molar-refractivity contribution is -0.134. The van der Waals surface area contributed by atoms with Crippen LogP contribution in [0.3, 0.4) is 0 Å². The third-order valence-electron chi connectivity index (χ3n) is 6.82. The number of nitrogens with zero attached hydrogens (tertiary/aromatic N) is 2. The van der Waals surface area contributed by atoms with Crippen molar-refractivity contribution in [3.63, 3.8) is 0 Å². The largest absolute Gasteiger partial charge is 0.463 e. The number of fused-ring (bicyclic) bond motifs is 3. The van der Waals surface area contributed by atoms with Gasteiger partial charge in [-0.05, 0) is 50.9 Å². The molecule has 0 radical (unpaired) electrons. The highest BCUT2D eigenvalue weighted by molar-refractivity contribution is 6.02. The lowest BCUT2D eigenvalue weighted by Gasteiger charge is -2.45. The van der Waals surface area contributed by atoms with Crippen molar-refractivity contribution in [3.05, 3.63) is 24.1 Å². The van der Waals surface area contributed by atoms with Crippen molar-refractivity contribution in [1.29, 1.82) is 0 Å². The minimum Gasteiger partial charge on any atom is -0.463 e. The molecule has 29 heavy (non-hydrogen) atoms. The first-order valence-electron chi connectivity index (χ1n) is 11.0. The second-order valence-corrected chi connectivity index (χ2v) is 9.63. The summed E-state index contributed by atoms with van der Waals surface area (Å²) in [7, 11) is 0. The average molecular weight is 400 g/mol. The SMILES string of the molecule is CC(C)CCN1C(=O)c2cc3occc3n2C[C@@]1(C)C(=O)NC1CCC(C)CC1. The molecule has 1 aliphatic carbocycles. The van der Waals surface area contributed by atoms with Crippen molar-refractivity contribution in [2.24, 2.45) is 11.8 Å². The summed E-state index contributed by atoms with van der Waals surface area (Å²) in [5.74, 6) is 1.07. The van der Waals surface area contributed by atoms with E-state index in [2.05, 4.69) is 26.1 Å². The molecule has 0 saturated heterocycles. The molecule has 158 valence electrons. The van der Waals surface area contributed by atoms with Gasteiger partial charge in [0.15, 0.2) is 5.58 Å². The number of hydrogen-bond donors (Lipinski definition) is 1. The smallest absolute Gasteiger partial charge is 0.271 e. The van der Waals surface area contributed by atoms with Gasteiger partial charge in [-0.2, -0.15) is 0 Å². The van der Waals surface area contributed by atoms with Gasteiger partial charge in [0.1, 0.15) is 11.2 Å². The maximum absolute atomic E-state index is 13.5. The van der Waals surface area contributed by atoms with Gasteiger partial charge in [-0.25, -0.2) is 0 Å². The molecule has 2 amide bonds. The second kappa shape index (κ2) is 7.54. The zero-order chi connectivity index (χ0) is 20.8. The van der Waals surface area contributed by atoms with Gasteiger partial charge in [0.2, 0.25) is 5.91 Å². The minimum absolute atomic E-state index is 0.0369. The minimum atomic E-state index is -0.911. The Bertz CT molecular complexity index is 904. The van der Waals surface area contributed by atoms with Crippen LogP contribution in [0.15, 0.2) is 22.8 Å². The van der Waals surface area contributed by atoms with Crippen LogP contribution in [-0.4, -0.2) is 39.4 Å². The Morgan fingerprint density at radius 3 is 2.72 bits per heavy atom. The van der Waals surface area contributed by atoms with Gasteiger partial charge in [-0.15, -0.1) is 0 Å². The number of nitrogens with one attached hydrogen (secondary N) is 1. The van der Waals surface area contributed by atoms with Crippen molar-refractivity contribution in [2.75, 3.05) is 6.54 Å². The van der Waals surface area contributed by atoms with E-state index in [1.165, 1.54) is 0 Å². The first kappa shape index (κ1) is 20.0. The fraction of sp³-hybridized carbons (Fsp3) is 0.652. The highest BCUT2D eigenvalue weighted by Crippen LogP contribution is 2.34. The zero-order valence-electron chi connectivity index (χ0n) is 18.0. The molecule has 0 unspecified atom stereocenters. The topological polar surface area (TPSA) is 67.5 Å². The summed E-state index contributed by atoms with van der Waals surface area (Å²) in [6, 6.07) is 3.88. The number of carbonyl (C=O) groups is 2. The van der Waals surface area contributed by atoms with Crippen LogP contribution in [0, 0.1) is 11.8 Å². The molecular weight excluding hydrogens is 366 g/mol. The third kappa shape index (κ3) is 3.58. The Hall–Kier alpha value is -2.24. The number of hydrogen-bond acceptors (Lipinski definition) is 3. The molecule has 4 rings (SSSR count). The van der Waals surface area contributed by atoms with Crippen molar-refractivity contribution in [1.82, 2.24) is 14.8 Å². The first-order chi connectivity index (χ1) is 13.8. The van der Waals surface area contributed by atoms with Crippen LogP contribution in [0.25, 0.3) is 11.1 Å². The Balaban J connectivity index is 1.64. The standard InChI is InChI=1S/C23H33N3O3/c1-15(2)9-11-26-21(27)19-13-20-18(10-12-29-20)25(19)14-23(26,4)22(28)24-17-7-5-16(3)6-8-17/h10,12-13,15-17H,5-9,11,14H2,1-4H3,(H,24,28)/t16?,17?,23-/m0/s1. The van der Waals surface area contributed by atoms with Gasteiger partial charge in [0.05, 0.1) is 18.3 Å². The molecule has 2 aliphatic rings. The summed E-state index contributed by atoms with van der Waals surface area (Å²) in [6.45, 7) is 9.51. The van der Waals surface area contributed by atoms with E-state index in [4.69, 9.17) is 4.42 Å². The van der Waals surface area contributed by atoms with Crippen LogP contribution >= 0.6 is 0 Å². The van der Waals surface area contributed by atoms with Crippen molar-refractivity contribution in [2.45, 2.75) is 77.9 Å². The van der Waals surface area contributed by atoms with Crippen LogP contribution in [0.2, 0.25) is 0 Å². The monoisotopic (exact) mass is 399 g/mol. The summed E-state index contributed by atoms with van der Waals surface area (Å²) < 4.78 is 7.47. The summed E-state index contributed by atoms with van der Waals surface area (Å²) in [6.07, 6.45) is 6.83. The number of rotatable bonds is 5. The Labute approximate surface area is 172 Å². The van der Waals surface area contributed by atoms with Gasteiger partial charge < -0.3 is 19.2 Å². The maximum Gasteiger partial charge on any atom is 0.271 e. The van der Waals surface area contributed by atoms with Gasteiger partial charge in [0.25, 0.3) is 5.91 Å². The predicted octanol–water partition coefficient (Wildman–Crippen LogP) is 4.19. The van der Waals surface area contributed by atoms with Crippen molar-refractivity contribution in [3.8, 4) is 0 Å². The molecule has 3 heterocycles. The lowest BCUT2D eigenvalue weighted by Crippen LogP contribution is -2.65. The summed E-state index contributed by atoms with van der Waals surface area (Å²) >= 11 is 0.